The first-order chi connectivity index (χ1) is 13.3. The predicted molar refractivity (Wildman–Crippen MR) is 108 cm³/mol. The van der Waals surface area contributed by atoms with Gasteiger partial charge in [-0.3, -0.25) is 14.5 Å². The van der Waals surface area contributed by atoms with Crippen molar-refractivity contribution in [3.8, 4) is 0 Å². The van der Waals surface area contributed by atoms with E-state index in [0.717, 1.165) is 19.1 Å². The molecular formula is C22H32N4O. The van der Waals surface area contributed by atoms with Crippen LogP contribution < -0.4 is 0 Å². The molecule has 0 saturated carbocycles. The van der Waals surface area contributed by atoms with Crippen LogP contribution in [-0.4, -0.2) is 63.5 Å². The second kappa shape index (κ2) is 9.00. The van der Waals surface area contributed by atoms with Crippen molar-refractivity contribution in [1.29, 1.82) is 0 Å². The van der Waals surface area contributed by atoms with E-state index in [-0.39, 0.29) is 6.61 Å². The van der Waals surface area contributed by atoms with Crippen molar-refractivity contribution < 1.29 is 5.11 Å². The lowest BCUT2D eigenvalue weighted by atomic mass is 9.92. The summed E-state index contributed by atoms with van der Waals surface area (Å²) in [6.07, 6.45) is 7.06. The number of aliphatic hydroxyl groups excluding tert-OH is 1. The van der Waals surface area contributed by atoms with Crippen molar-refractivity contribution >= 4 is 0 Å². The van der Waals surface area contributed by atoms with Gasteiger partial charge >= 0.3 is 0 Å². The number of nitrogens with zero attached hydrogens (tertiary/aromatic N) is 4. The average molecular weight is 369 g/mol. The molecule has 0 bridgehead atoms. The maximum absolute atomic E-state index is 9.09. The lowest BCUT2D eigenvalue weighted by molar-refractivity contribution is 0.0816. The Hall–Kier alpha value is -1.69. The number of likely N-dealkylation sites (tertiary alicyclic amines) is 2. The van der Waals surface area contributed by atoms with Crippen LogP contribution in [0.3, 0.4) is 0 Å². The molecule has 1 atom stereocenters. The lowest BCUT2D eigenvalue weighted by Gasteiger charge is -2.42. The number of piperidine rings is 2. The topological polar surface area (TPSA) is 44.5 Å². The van der Waals surface area contributed by atoms with Gasteiger partial charge in [-0.2, -0.15) is 5.10 Å². The summed E-state index contributed by atoms with van der Waals surface area (Å²) in [4.78, 5) is 5.32. The molecule has 0 radical (unpaired) electrons. The van der Waals surface area contributed by atoms with Crippen LogP contribution >= 0.6 is 0 Å². The largest absolute Gasteiger partial charge is 0.394 e. The van der Waals surface area contributed by atoms with E-state index in [2.05, 4.69) is 51.3 Å². The monoisotopic (exact) mass is 368 g/mol. The van der Waals surface area contributed by atoms with E-state index in [1.54, 1.807) is 0 Å². The Kier molecular flexibility index (Phi) is 6.22. The molecule has 0 aliphatic carbocycles. The van der Waals surface area contributed by atoms with Gasteiger partial charge in [0.25, 0.3) is 0 Å². The van der Waals surface area contributed by atoms with Gasteiger partial charge < -0.3 is 5.11 Å². The Bertz CT molecular complexity index is 693. The smallest absolute Gasteiger partial charge is 0.0668 e. The van der Waals surface area contributed by atoms with Gasteiger partial charge in [-0.05, 0) is 56.9 Å². The number of rotatable bonds is 6. The molecule has 1 N–H and O–H groups in total. The zero-order valence-electron chi connectivity index (χ0n) is 16.2. The van der Waals surface area contributed by atoms with Crippen LogP contribution in [0.1, 0.15) is 42.9 Å². The molecule has 2 aliphatic rings. The third-order valence-corrected chi connectivity index (χ3v) is 6.18. The van der Waals surface area contributed by atoms with Crippen LogP contribution in [0.2, 0.25) is 0 Å². The molecule has 1 aromatic carbocycles. The standard InChI is InChI=1S/C22H32N4O/c27-16-15-26-14-10-22(23-26)20-7-4-11-25(18-20)21-8-12-24(13-9-21)17-19-5-2-1-3-6-19/h1-3,5-6,10,14,20-21,27H,4,7-9,11-13,15-18H2/t20-/m1/s1. The molecule has 5 nitrogen and oxygen atoms in total. The van der Waals surface area contributed by atoms with Crippen molar-refractivity contribution in [2.75, 3.05) is 32.8 Å². The van der Waals surface area contributed by atoms with Gasteiger partial charge in [0, 0.05) is 31.2 Å². The zero-order valence-corrected chi connectivity index (χ0v) is 16.2. The summed E-state index contributed by atoms with van der Waals surface area (Å²) in [5, 5.41) is 13.8. The SMILES string of the molecule is OCCn1ccc([C@@H]2CCCN(C3CCN(Cc4ccccc4)CC3)C2)n1. The second-order valence-electron chi connectivity index (χ2n) is 8.05. The lowest BCUT2D eigenvalue weighted by Crippen LogP contribution is -2.48. The van der Waals surface area contributed by atoms with Crippen LogP contribution in [0.4, 0.5) is 0 Å². The summed E-state index contributed by atoms with van der Waals surface area (Å²) < 4.78 is 1.87. The predicted octanol–water partition coefficient (Wildman–Crippen LogP) is 2.72. The molecule has 5 heteroatoms. The zero-order chi connectivity index (χ0) is 18.5. The molecule has 1 aromatic heterocycles. The molecule has 3 heterocycles. The normalized spacial score (nSPS) is 22.9. The highest BCUT2D eigenvalue weighted by Crippen LogP contribution is 2.29. The van der Waals surface area contributed by atoms with Crippen LogP contribution in [0.5, 0.6) is 0 Å². The highest BCUT2D eigenvalue weighted by molar-refractivity contribution is 5.14. The molecule has 146 valence electrons. The number of hydrogen-bond donors (Lipinski definition) is 1. The highest BCUT2D eigenvalue weighted by Gasteiger charge is 2.30. The Balaban J connectivity index is 1.29. The number of aliphatic hydroxyl groups is 1. The molecule has 27 heavy (non-hydrogen) atoms. The first-order valence-electron chi connectivity index (χ1n) is 10.5. The summed E-state index contributed by atoms with van der Waals surface area (Å²) in [5.41, 5.74) is 2.63. The van der Waals surface area contributed by atoms with Crippen molar-refractivity contribution in [1.82, 2.24) is 19.6 Å². The van der Waals surface area contributed by atoms with E-state index in [0.29, 0.717) is 12.5 Å². The number of benzene rings is 1. The fourth-order valence-corrected chi connectivity index (χ4v) is 4.69. The first kappa shape index (κ1) is 18.7. The van der Waals surface area contributed by atoms with Crippen LogP contribution in [0.25, 0.3) is 0 Å². The summed E-state index contributed by atoms with van der Waals surface area (Å²) in [7, 11) is 0. The fourth-order valence-electron chi connectivity index (χ4n) is 4.69. The quantitative estimate of drug-likeness (QED) is 0.852. The Morgan fingerprint density at radius 2 is 1.81 bits per heavy atom. The van der Waals surface area contributed by atoms with E-state index in [1.165, 1.54) is 56.6 Å². The second-order valence-corrected chi connectivity index (χ2v) is 8.05. The van der Waals surface area contributed by atoms with E-state index in [9.17, 15) is 0 Å². The van der Waals surface area contributed by atoms with Gasteiger partial charge in [0.15, 0.2) is 0 Å². The van der Waals surface area contributed by atoms with Gasteiger partial charge in [-0.1, -0.05) is 30.3 Å². The molecule has 0 amide bonds. The minimum Gasteiger partial charge on any atom is -0.394 e. The van der Waals surface area contributed by atoms with Crippen LogP contribution in [0, 0.1) is 0 Å². The molecule has 2 aliphatic heterocycles. The van der Waals surface area contributed by atoms with E-state index < -0.39 is 0 Å². The Morgan fingerprint density at radius 1 is 1.00 bits per heavy atom. The van der Waals surface area contributed by atoms with E-state index in [1.807, 2.05) is 10.9 Å². The summed E-state index contributed by atoms with van der Waals surface area (Å²) in [6, 6.07) is 13.7. The van der Waals surface area contributed by atoms with Crippen LogP contribution in [-0.2, 0) is 13.1 Å². The first-order valence-corrected chi connectivity index (χ1v) is 10.5. The average Bonchev–Trinajstić information content (AvgIpc) is 3.19. The Morgan fingerprint density at radius 3 is 2.59 bits per heavy atom. The number of hydrogen-bond acceptors (Lipinski definition) is 4. The Labute approximate surface area is 162 Å². The van der Waals surface area contributed by atoms with E-state index >= 15 is 0 Å². The summed E-state index contributed by atoms with van der Waals surface area (Å²) >= 11 is 0. The van der Waals surface area contributed by atoms with Gasteiger partial charge in [0.2, 0.25) is 0 Å². The molecule has 2 saturated heterocycles. The minimum absolute atomic E-state index is 0.152. The van der Waals surface area contributed by atoms with Crippen molar-refractivity contribution in [2.45, 2.75) is 50.7 Å². The summed E-state index contributed by atoms with van der Waals surface area (Å²) in [5.74, 6) is 0.543. The molecule has 0 spiro atoms. The van der Waals surface area contributed by atoms with Crippen LogP contribution in [0.15, 0.2) is 42.6 Å². The van der Waals surface area contributed by atoms with Crippen molar-refractivity contribution in [3.63, 3.8) is 0 Å². The van der Waals surface area contributed by atoms with Gasteiger partial charge in [0.1, 0.15) is 0 Å². The van der Waals surface area contributed by atoms with Gasteiger partial charge in [-0.25, -0.2) is 0 Å². The van der Waals surface area contributed by atoms with E-state index in [4.69, 9.17) is 5.11 Å². The van der Waals surface area contributed by atoms with Crippen molar-refractivity contribution in [2.24, 2.45) is 0 Å². The molecule has 4 rings (SSSR count). The third-order valence-electron chi connectivity index (χ3n) is 6.18. The van der Waals surface area contributed by atoms with Gasteiger partial charge in [-0.15, -0.1) is 0 Å². The summed E-state index contributed by atoms with van der Waals surface area (Å²) in [6.45, 7) is 6.60. The molecule has 0 unspecified atom stereocenters. The van der Waals surface area contributed by atoms with Gasteiger partial charge in [0.05, 0.1) is 18.8 Å². The third kappa shape index (κ3) is 4.78. The molecular weight excluding hydrogens is 336 g/mol. The minimum atomic E-state index is 0.152. The maximum Gasteiger partial charge on any atom is 0.0668 e. The fraction of sp³-hybridized carbons (Fsp3) is 0.591. The maximum atomic E-state index is 9.09. The number of aromatic nitrogens is 2. The van der Waals surface area contributed by atoms with Crippen molar-refractivity contribution in [3.05, 3.63) is 53.9 Å². The molecule has 2 fully saturated rings. The molecule has 2 aromatic rings. The highest BCUT2D eigenvalue weighted by atomic mass is 16.3.